The van der Waals surface area contributed by atoms with Crippen LogP contribution >= 0.6 is 0 Å². The van der Waals surface area contributed by atoms with Gasteiger partial charge in [-0.3, -0.25) is 19.1 Å². The first-order valence-electron chi connectivity index (χ1n) is 10.5. The van der Waals surface area contributed by atoms with E-state index in [-0.39, 0.29) is 17.3 Å². The molecule has 1 saturated heterocycles. The lowest BCUT2D eigenvalue weighted by Gasteiger charge is -2.33. The lowest BCUT2D eigenvalue weighted by atomic mass is 9.90. The highest BCUT2D eigenvalue weighted by Gasteiger charge is 2.28. The van der Waals surface area contributed by atoms with Crippen LogP contribution in [0, 0.1) is 5.92 Å². The molecule has 1 unspecified atom stereocenters. The third-order valence-corrected chi connectivity index (χ3v) is 5.83. The Morgan fingerprint density at radius 1 is 1.10 bits per heavy atom. The lowest BCUT2D eigenvalue weighted by molar-refractivity contribution is 0.0906. The van der Waals surface area contributed by atoms with Crippen LogP contribution in [-0.4, -0.2) is 47.5 Å². The van der Waals surface area contributed by atoms with Gasteiger partial charge in [0.05, 0.1) is 5.69 Å². The molecule has 0 amide bonds. The van der Waals surface area contributed by atoms with Gasteiger partial charge >= 0.3 is 0 Å². The van der Waals surface area contributed by atoms with Gasteiger partial charge in [-0.05, 0) is 49.2 Å². The number of pyridine rings is 1. The molecule has 0 radical (unpaired) electrons. The van der Waals surface area contributed by atoms with Crippen molar-refractivity contribution in [2.24, 2.45) is 13.0 Å². The van der Waals surface area contributed by atoms with E-state index in [1.54, 1.807) is 24.0 Å². The van der Waals surface area contributed by atoms with E-state index >= 15 is 0 Å². The average molecular weight is 418 g/mol. The first kappa shape index (κ1) is 20.8. The second-order valence-electron chi connectivity index (χ2n) is 8.17. The summed E-state index contributed by atoms with van der Waals surface area (Å²) >= 11 is 0. The van der Waals surface area contributed by atoms with Crippen molar-refractivity contribution in [2.75, 3.05) is 37.0 Å². The van der Waals surface area contributed by atoms with Crippen molar-refractivity contribution in [3.63, 3.8) is 0 Å². The van der Waals surface area contributed by atoms with E-state index < -0.39 is 0 Å². The molecule has 4 rings (SSSR count). The van der Waals surface area contributed by atoms with Crippen LogP contribution in [0.25, 0.3) is 11.3 Å². The number of rotatable bonds is 5. The molecule has 1 aromatic carbocycles. The maximum Gasteiger partial charge on any atom is 0.255 e. The van der Waals surface area contributed by atoms with Crippen LogP contribution in [0.2, 0.25) is 0 Å². The molecule has 1 aliphatic rings. The maximum absolute atomic E-state index is 13.2. The van der Waals surface area contributed by atoms with Crippen molar-refractivity contribution in [3.05, 3.63) is 70.8 Å². The minimum Gasteiger partial charge on any atom is -0.378 e. The second-order valence-corrected chi connectivity index (χ2v) is 8.17. The maximum atomic E-state index is 13.2. The van der Waals surface area contributed by atoms with Crippen LogP contribution in [0.3, 0.4) is 0 Å². The monoisotopic (exact) mass is 417 g/mol. The van der Waals surface area contributed by atoms with Gasteiger partial charge < -0.3 is 9.80 Å². The van der Waals surface area contributed by atoms with Gasteiger partial charge in [0.1, 0.15) is 0 Å². The van der Waals surface area contributed by atoms with Gasteiger partial charge in [-0.15, -0.1) is 0 Å². The topological polar surface area (TPSA) is 71.3 Å². The normalized spacial score (nSPS) is 16.2. The van der Waals surface area contributed by atoms with Gasteiger partial charge in [-0.2, -0.15) is 0 Å². The van der Waals surface area contributed by atoms with Crippen molar-refractivity contribution in [1.29, 1.82) is 0 Å². The fourth-order valence-electron chi connectivity index (χ4n) is 4.01. The lowest BCUT2D eigenvalue weighted by Crippen LogP contribution is -2.41. The summed E-state index contributed by atoms with van der Waals surface area (Å²) in [5, 5.41) is 0. The molecular formula is C24H27N5O2. The van der Waals surface area contributed by atoms with E-state index in [4.69, 9.17) is 4.98 Å². The predicted molar refractivity (Wildman–Crippen MR) is 123 cm³/mol. The quantitative estimate of drug-likeness (QED) is 0.595. The average Bonchev–Trinajstić information content (AvgIpc) is 2.81. The molecule has 1 fully saturated rings. The van der Waals surface area contributed by atoms with Crippen LogP contribution in [0.5, 0.6) is 0 Å². The molecule has 0 N–H and O–H groups in total. The fraction of sp³-hybridized carbons (Fsp3) is 0.333. The van der Waals surface area contributed by atoms with Crippen molar-refractivity contribution in [3.8, 4) is 11.3 Å². The summed E-state index contributed by atoms with van der Waals surface area (Å²) in [7, 11) is 5.69. The number of benzene rings is 1. The molecule has 0 aliphatic carbocycles. The summed E-state index contributed by atoms with van der Waals surface area (Å²) in [6, 6.07) is 13.0. The molecule has 1 aliphatic heterocycles. The summed E-state index contributed by atoms with van der Waals surface area (Å²) in [5.41, 5.74) is 3.14. The number of anilines is 2. The van der Waals surface area contributed by atoms with Crippen molar-refractivity contribution >= 4 is 17.4 Å². The second kappa shape index (κ2) is 8.71. The van der Waals surface area contributed by atoms with Crippen LogP contribution < -0.4 is 15.4 Å². The molecule has 31 heavy (non-hydrogen) atoms. The zero-order chi connectivity index (χ0) is 22.0. The van der Waals surface area contributed by atoms with E-state index in [1.165, 1.54) is 6.07 Å². The molecule has 0 bridgehead atoms. The van der Waals surface area contributed by atoms with E-state index in [0.29, 0.717) is 18.2 Å². The summed E-state index contributed by atoms with van der Waals surface area (Å²) < 4.78 is 1.56. The van der Waals surface area contributed by atoms with Gasteiger partial charge in [-0.25, -0.2) is 4.98 Å². The Labute approximate surface area is 182 Å². The van der Waals surface area contributed by atoms with Gasteiger partial charge in [0.15, 0.2) is 5.78 Å². The summed E-state index contributed by atoms with van der Waals surface area (Å²) in [4.78, 5) is 38.6. The van der Waals surface area contributed by atoms with E-state index in [0.717, 1.165) is 36.2 Å². The highest BCUT2D eigenvalue weighted by molar-refractivity contribution is 5.98. The Hall–Kier alpha value is -3.48. The summed E-state index contributed by atoms with van der Waals surface area (Å²) in [6.45, 7) is 1.32. The Morgan fingerprint density at radius 2 is 1.81 bits per heavy atom. The number of hydrogen-bond donors (Lipinski definition) is 0. The number of nitrogens with zero attached hydrogens (tertiary/aromatic N) is 5. The smallest absolute Gasteiger partial charge is 0.255 e. The van der Waals surface area contributed by atoms with E-state index in [9.17, 15) is 9.59 Å². The summed E-state index contributed by atoms with van der Waals surface area (Å²) in [6.07, 6.45) is 5.08. The zero-order valence-corrected chi connectivity index (χ0v) is 18.2. The molecule has 3 heterocycles. The number of carbonyl (C=O) groups excluding carboxylic acids is 1. The first-order valence-corrected chi connectivity index (χ1v) is 10.5. The van der Waals surface area contributed by atoms with E-state index in [2.05, 4.69) is 9.88 Å². The molecular weight excluding hydrogens is 390 g/mol. The van der Waals surface area contributed by atoms with Crippen LogP contribution in [0.15, 0.2) is 59.7 Å². The molecule has 160 valence electrons. The minimum absolute atomic E-state index is 0.121. The Bertz CT molecular complexity index is 1120. The van der Waals surface area contributed by atoms with Gasteiger partial charge in [0.2, 0.25) is 5.95 Å². The molecule has 0 saturated carbocycles. The van der Waals surface area contributed by atoms with Crippen LogP contribution in [0.1, 0.15) is 23.2 Å². The van der Waals surface area contributed by atoms with Crippen molar-refractivity contribution in [1.82, 2.24) is 14.5 Å². The highest BCUT2D eigenvalue weighted by atomic mass is 16.1. The number of Topliss-reactive ketones (excluding diaryl/α,β-unsaturated/α-hetero) is 1. The highest BCUT2D eigenvalue weighted by Crippen LogP contribution is 2.26. The van der Waals surface area contributed by atoms with Crippen molar-refractivity contribution < 1.29 is 4.79 Å². The molecule has 0 spiro atoms. The fourth-order valence-corrected chi connectivity index (χ4v) is 4.01. The number of carbonyl (C=O) groups is 1. The third-order valence-electron chi connectivity index (χ3n) is 5.83. The third kappa shape index (κ3) is 4.35. The number of piperidine rings is 1. The number of hydrogen-bond acceptors (Lipinski definition) is 6. The molecule has 3 aromatic rings. The largest absolute Gasteiger partial charge is 0.378 e. The van der Waals surface area contributed by atoms with Gasteiger partial charge in [0, 0.05) is 75.4 Å². The Kier molecular flexibility index (Phi) is 5.84. The minimum atomic E-state index is -0.125. The predicted octanol–water partition coefficient (Wildman–Crippen LogP) is 3.01. The Morgan fingerprint density at radius 3 is 2.48 bits per heavy atom. The van der Waals surface area contributed by atoms with Crippen LogP contribution in [0.4, 0.5) is 11.6 Å². The summed E-state index contributed by atoms with van der Waals surface area (Å²) in [5.74, 6) is 0.616. The van der Waals surface area contributed by atoms with Gasteiger partial charge in [0.25, 0.3) is 5.56 Å². The molecule has 7 nitrogen and oxygen atoms in total. The molecule has 7 heteroatoms. The number of ketones is 1. The Balaban J connectivity index is 1.59. The zero-order valence-electron chi connectivity index (χ0n) is 18.2. The molecule has 2 aromatic heterocycles. The molecule has 1 atom stereocenters. The van der Waals surface area contributed by atoms with Crippen LogP contribution in [-0.2, 0) is 7.05 Å². The SMILES string of the molecule is CN(C)c1ccc(C(=O)C2CCCN(c3nc(-c4ccncc4)cc(=O)n3C)C2)cc1. The first-order chi connectivity index (χ1) is 14.9. The van der Waals surface area contributed by atoms with Gasteiger partial charge in [-0.1, -0.05) is 0 Å². The van der Waals surface area contributed by atoms with Crippen molar-refractivity contribution in [2.45, 2.75) is 12.8 Å². The number of aromatic nitrogens is 3. The standard InChI is InChI=1S/C24H27N5O2/c1-27(2)20-8-6-18(7-9-20)23(31)19-5-4-14-29(16-19)24-26-21(15-22(30)28(24)3)17-10-12-25-13-11-17/h6-13,15,19H,4-5,14,16H2,1-3H3. The van der Waals surface area contributed by atoms with E-state index in [1.807, 2.05) is 55.4 Å².